The number of nitrogens with one attached hydrogen (secondary N) is 1. The number of esters is 3. The van der Waals surface area contributed by atoms with Gasteiger partial charge >= 0.3 is 23.9 Å². The van der Waals surface area contributed by atoms with Crippen LogP contribution < -0.4 is 5.32 Å². The lowest BCUT2D eigenvalue weighted by Crippen LogP contribution is -2.44. The molecule has 5 heterocycles. The first kappa shape index (κ1) is 48.4. The smallest absolute Gasteiger partial charge is 0.314 e. The van der Waals surface area contributed by atoms with Gasteiger partial charge in [0.25, 0.3) is 11.8 Å². The van der Waals surface area contributed by atoms with Crippen molar-refractivity contribution in [3.8, 4) is 0 Å². The second-order valence-electron chi connectivity index (χ2n) is 15.2. The number of unbranched alkanes of at least 4 members (excludes halogenated alkanes) is 4. The zero-order valence-corrected chi connectivity index (χ0v) is 35.8. The third-order valence-corrected chi connectivity index (χ3v) is 10.9. The zero-order chi connectivity index (χ0) is 46.1. The molecule has 18 nitrogen and oxygen atoms in total. The van der Waals surface area contributed by atoms with E-state index < -0.39 is 41.1 Å². The van der Waals surface area contributed by atoms with Crippen molar-refractivity contribution < 1.29 is 69.0 Å². The highest BCUT2D eigenvalue weighted by Gasteiger charge is 2.61. The van der Waals surface area contributed by atoms with Gasteiger partial charge in [0, 0.05) is 46.4 Å². The number of ether oxygens (including phenoxy) is 3. The molecule has 0 aromatic rings. The van der Waals surface area contributed by atoms with Gasteiger partial charge in [-0.05, 0) is 58.2 Å². The van der Waals surface area contributed by atoms with Gasteiger partial charge < -0.3 is 39.5 Å². The number of likely N-dealkylation sites (tertiary alicyclic amines) is 1. The van der Waals surface area contributed by atoms with Crippen LogP contribution in [0.1, 0.15) is 119 Å². The van der Waals surface area contributed by atoms with E-state index in [9.17, 15) is 38.4 Å². The number of carboxylic acids is 1. The minimum atomic E-state index is -1.06. The third kappa shape index (κ3) is 17.4. The fourth-order valence-electron chi connectivity index (χ4n) is 7.17. The number of aliphatic hydroxyl groups excluding tert-OH is 1. The number of hydrogen-bond donors (Lipinski definition) is 3. The fraction of sp³-hybridized carbons (Fsp3) is 0.762. The molecule has 4 atom stereocenters. The Bertz CT molecular complexity index is 1460. The number of imide groups is 1. The van der Waals surface area contributed by atoms with Crippen molar-refractivity contribution in [1.29, 1.82) is 1.43 Å². The maximum absolute atomic E-state index is 12.6. The topological polar surface area (TPSA) is 236 Å². The summed E-state index contributed by atoms with van der Waals surface area (Å²) < 4.78 is 28.6. The van der Waals surface area contributed by atoms with Crippen LogP contribution in [0.4, 0.5) is 0 Å². The number of hydroxylamine groups is 2. The quantitative estimate of drug-likeness (QED) is 0.0495. The molecular formula is C42H68N4O14. The van der Waals surface area contributed by atoms with Crippen molar-refractivity contribution in [2.24, 2.45) is 17.3 Å². The molecule has 4 unspecified atom stereocenters. The molecule has 340 valence electrons. The van der Waals surface area contributed by atoms with Gasteiger partial charge in [-0.1, -0.05) is 52.7 Å². The first-order chi connectivity index (χ1) is 29.7. The van der Waals surface area contributed by atoms with E-state index in [1.54, 1.807) is 4.90 Å². The molecule has 0 aliphatic carbocycles. The molecule has 60 heavy (non-hydrogen) atoms. The average Bonchev–Trinajstić information content (AvgIpc) is 4.04. The second-order valence-corrected chi connectivity index (χ2v) is 15.2. The lowest BCUT2D eigenvalue weighted by atomic mass is 9.81. The summed E-state index contributed by atoms with van der Waals surface area (Å²) >= 11 is 0. The number of rotatable bonds is 21. The van der Waals surface area contributed by atoms with E-state index in [0.717, 1.165) is 24.3 Å². The van der Waals surface area contributed by atoms with Crippen LogP contribution in [0.2, 0.25) is 0 Å². The Morgan fingerprint density at radius 3 is 1.93 bits per heavy atom. The molecular weight excluding hydrogens is 784 g/mol. The molecule has 5 aliphatic heterocycles. The number of carboxylic acid groups (broad SMARTS) is 1. The van der Waals surface area contributed by atoms with Gasteiger partial charge in [-0.25, -0.2) is 0 Å². The Kier molecular flexibility index (Phi) is 22.2. The average molecular weight is 857 g/mol. The van der Waals surface area contributed by atoms with E-state index in [-0.39, 0.29) is 81.6 Å². The summed E-state index contributed by atoms with van der Waals surface area (Å²) in [6, 6.07) is 0. The highest BCUT2D eigenvalue weighted by Crippen LogP contribution is 2.45. The summed E-state index contributed by atoms with van der Waals surface area (Å²) in [5, 5.41) is 16.0. The Hall–Kier alpha value is -4.26. The summed E-state index contributed by atoms with van der Waals surface area (Å²) in [5.41, 5.74) is -0.511. The van der Waals surface area contributed by atoms with Crippen LogP contribution in [0, 0.1) is 17.3 Å². The lowest BCUT2D eigenvalue weighted by Gasteiger charge is -2.39. The monoisotopic (exact) mass is 856 g/mol. The van der Waals surface area contributed by atoms with Crippen LogP contribution in [0.3, 0.4) is 0 Å². The molecule has 0 aromatic heterocycles. The van der Waals surface area contributed by atoms with Crippen LogP contribution in [0.5, 0.6) is 0 Å². The Balaban J connectivity index is 0.000000650. The van der Waals surface area contributed by atoms with E-state index in [0.29, 0.717) is 64.6 Å². The van der Waals surface area contributed by atoms with Gasteiger partial charge in [0.1, 0.15) is 0 Å². The highest BCUT2D eigenvalue weighted by molar-refractivity contribution is 6.05. The summed E-state index contributed by atoms with van der Waals surface area (Å²) in [6.07, 6.45) is 9.24. The second kappa shape index (κ2) is 27.6. The molecule has 0 aromatic carbocycles. The van der Waals surface area contributed by atoms with Crippen molar-refractivity contribution >= 4 is 47.5 Å². The van der Waals surface area contributed by atoms with Crippen molar-refractivity contribution in [3.63, 3.8) is 0 Å². The van der Waals surface area contributed by atoms with Crippen molar-refractivity contribution in [1.82, 2.24) is 20.2 Å². The molecule has 3 N–H and O–H groups in total. The van der Waals surface area contributed by atoms with Crippen molar-refractivity contribution in [2.45, 2.75) is 130 Å². The van der Waals surface area contributed by atoms with Crippen LogP contribution >= 0.6 is 0 Å². The lowest BCUT2D eigenvalue weighted by molar-refractivity contribution is -0.192. The maximum atomic E-state index is 12.6. The van der Waals surface area contributed by atoms with Gasteiger partial charge in [-0.3, -0.25) is 43.2 Å². The fourth-order valence-corrected chi connectivity index (χ4v) is 7.17. The number of carbonyl (C=O) groups excluding carboxylic acids is 7. The van der Waals surface area contributed by atoms with Crippen LogP contribution in [0.15, 0.2) is 12.2 Å². The number of carbonyl (C=O) groups is 8. The predicted octanol–water partition coefficient (Wildman–Crippen LogP) is 2.94. The standard InChI is InChI=1S/C31H45N3O10.C6H15N.C4H4O3.CH4O/c1-31(20-42-26(39)13-12-25(37)38)14-17-33(18-15-31)24(36)9-5-2-6-16-32-23(35)8-4-3-7-19-43-34-29(40)27-21-10-11-22(44-21)28(27)30(34)41;1-4-7(5-2)6-3;5-3-1-2-4(6)7-3;1-2/h10-11,21-22,27-28H,2-9,12-20H2,1H3,(H,32,35)(H,37,38);4-6H2,1-3H3;1-2H2;2H,1H3/i1T;;;2T. The number of hydrogen-bond acceptors (Lipinski definition) is 14. The molecule has 0 saturated carbocycles. The number of aliphatic hydroxyl groups is 1. The van der Waals surface area contributed by atoms with E-state index in [2.05, 4.69) is 40.8 Å². The van der Waals surface area contributed by atoms with Crippen LogP contribution in [-0.4, -0.2) is 146 Å². The summed E-state index contributed by atoms with van der Waals surface area (Å²) in [5.74, 6) is -4.05. The Labute approximate surface area is 356 Å². The number of cyclic esters (lactones) is 2. The summed E-state index contributed by atoms with van der Waals surface area (Å²) in [4.78, 5) is 102. The van der Waals surface area contributed by atoms with E-state index in [1.807, 2.05) is 12.2 Å². The number of piperidine rings is 1. The molecule has 5 rings (SSSR count). The van der Waals surface area contributed by atoms with Gasteiger partial charge in [0.15, 0.2) is 0 Å². The minimum absolute atomic E-state index is 0.0357. The molecule has 0 radical (unpaired) electrons. The Morgan fingerprint density at radius 2 is 1.43 bits per heavy atom. The number of nitrogens with zero attached hydrogens (tertiary/aromatic N) is 3. The molecule has 4 fully saturated rings. The van der Waals surface area contributed by atoms with Gasteiger partial charge in [0.2, 0.25) is 13.2 Å². The molecule has 2 bridgehead atoms. The van der Waals surface area contributed by atoms with E-state index in [4.69, 9.17) is 22.2 Å². The van der Waals surface area contributed by atoms with Gasteiger partial charge in [-0.2, -0.15) is 5.06 Å². The minimum Gasteiger partial charge on any atom is -0.481 e. The third-order valence-electron chi connectivity index (χ3n) is 10.9. The SMILES string of the molecule is CCN(CC)CC.O=C1CCC(=O)O1.[3H]CC1(COC(=O)CCC(=O)O)CCN(C(=O)CCCCCNC(=O)CCCCCON2C(=O)C3C4C=CC(O4)C3C2=O)CC1.[3H]OC. The number of amides is 4. The molecule has 18 heteroatoms. The molecule has 5 aliphatic rings. The maximum Gasteiger partial charge on any atom is 0.314 e. The highest BCUT2D eigenvalue weighted by atomic mass is 16.7. The first-order valence-corrected chi connectivity index (χ1v) is 21.2. The van der Waals surface area contributed by atoms with Crippen molar-refractivity contribution in [2.75, 3.05) is 59.6 Å². The first-order valence-electron chi connectivity index (χ1n) is 22.3. The largest absolute Gasteiger partial charge is 0.481 e. The predicted molar refractivity (Wildman–Crippen MR) is 216 cm³/mol. The van der Waals surface area contributed by atoms with Crippen LogP contribution in [0.25, 0.3) is 0 Å². The van der Waals surface area contributed by atoms with Crippen LogP contribution in [-0.2, 0) is 57.4 Å². The zero-order valence-electron chi connectivity index (χ0n) is 37.8. The summed E-state index contributed by atoms with van der Waals surface area (Å²) in [6.45, 7) is 12.0. The summed E-state index contributed by atoms with van der Waals surface area (Å²) in [7, 11) is 1.29. The van der Waals surface area contributed by atoms with E-state index in [1.165, 1.54) is 26.7 Å². The number of aliphatic carboxylic acids is 1. The number of fused-ring (bicyclic) bond motifs is 5. The molecule has 4 amide bonds. The van der Waals surface area contributed by atoms with Gasteiger partial charge in [-0.15, -0.1) is 0 Å². The van der Waals surface area contributed by atoms with E-state index >= 15 is 0 Å². The Morgan fingerprint density at radius 1 is 0.867 bits per heavy atom. The normalized spacial score (nSPS) is 22.4. The van der Waals surface area contributed by atoms with Gasteiger partial charge in [0.05, 0.1) is 62.9 Å². The molecule has 0 spiro atoms. The van der Waals surface area contributed by atoms with Crippen molar-refractivity contribution in [3.05, 3.63) is 12.2 Å². The molecule has 4 saturated heterocycles.